The molecule has 13 nitrogen and oxygen atoms in total. The van der Waals surface area contributed by atoms with E-state index >= 15 is 0 Å². The van der Waals surface area contributed by atoms with Gasteiger partial charge in [-0.2, -0.15) is 0 Å². The van der Waals surface area contributed by atoms with Gasteiger partial charge in [-0.25, -0.2) is 13.4 Å². The summed E-state index contributed by atoms with van der Waals surface area (Å²) in [5.41, 5.74) is 0.386. The smallest absolute Gasteiger partial charge is 0.306 e. The number of para-hydroxylation sites is 1. The van der Waals surface area contributed by atoms with Crippen LogP contribution in [-0.4, -0.2) is 103 Å². The predicted molar refractivity (Wildman–Crippen MR) is 242 cm³/mol. The number of pyridine rings is 1. The van der Waals surface area contributed by atoms with E-state index in [-0.39, 0.29) is 55.5 Å². The third kappa shape index (κ3) is 10.0. The van der Waals surface area contributed by atoms with Gasteiger partial charge in [0.25, 0.3) is 0 Å². The number of hydrogen-bond donors (Lipinski definition) is 1. The van der Waals surface area contributed by atoms with Crippen molar-refractivity contribution in [2.24, 2.45) is 23.2 Å². The van der Waals surface area contributed by atoms with E-state index in [1.165, 1.54) is 19.3 Å². The fraction of sp³-hybridized carbons (Fsp3) is 0.700. The third-order valence-electron chi connectivity index (χ3n) is 15.5. The lowest BCUT2D eigenvalue weighted by Crippen LogP contribution is -2.47. The van der Waals surface area contributed by atoms with Crippen molar-refractivity contribution in [3.05, 3.63) is 42.0 Å². The molecule has 5 heterocycles. The molecule has 348 valence electrons. The highest BCUT2D eigenvalue weighted by molar-refractivity contribution is 7.91. The zero-order valence-electron chi connectivity index (χ0n) is 37.7. The fourth-order valence-electron chi connectivity index (χ4n) is 10.9. The molecule has 2 saturated heterocycles. The SMILES string of the molecule is CC1(S(=O)(=O)NC(=O)[C@]23CC(=O)[C@@H]4C[C@@H]5CN4C(=O)[C@H](CCCCC/C=C\[C@@H]2C3)CC(=O)O[C@@H]2C[C@H]2CCCCCc2c(nc3ccccc3c2OCCCN2CCCCC2)O5)CC1. The number of Topliss-reactive ketones (excluding diaryl/α,β-unsaturated/α-hetero) is 1. The number of piperidine rings is 1. The molecule has 2 aromatic rings. The van der Waals surface area contributed by atoms with E-state index in [2.05, 4.69) is 15.7 Å². The Bertz CT molecular complexity index is 2220. The minimum atomic E-state index is -3.95. The van der Waals surface area contributed by atoms with Gasteiger partial charge in [-0.1, -0.05) is 56.4 Å². The van der Waals surface area contributed by atoms with Gasteiger partial charge < -0.3 is 24.0 Å². The molecule has 3 bridgehead atoms. The monoisotopic (exact) mass is 900 g/mol. The summed E-state index contributed by atoms with van der Waals surface area (Å²) >= 11 is 0. The average Bonchev–Trinajstić information content (AvgIpc) is 4.24. The van der Waals surface area contributed by atoms with Crippen LogP contribution in [0.5, 0.6) is 11.6 Å². The summed E-state index contributed by atoms with van der Waals surface area (Å²) in [5, 5.41) is 0.925. The molecule has 9 rings (SSSR count). The standard InChI is InChI=1S/C50H68N4O9S/c1-49(22-23-49)64(59,60)52-48(58)50-31-36(50)18-9-4-2-3-7-17-35-29-44(56)63-43-28-34(43)16-8-5-10-20-39-45(61-27-15-26-53-24-13-6-14-25-53)38-19-11-12-21-40(38)51-46(39)62-37-30-41(42(55)32-50)54(33-37)47(35)57/h9,11-12,18-19,21,34-37,41,43H,2-8,10,13-17,20,22-33H2,1H3,(H,52,58)/b18-9-/t34-,35-,36-,37-,41+,43-,50-/m1/s1. The molecule has 2 amide bonds. The zero-order chi connectivity index (χ0) is 44.5. The third-order valence-corrected chi connectivity index (χ3v) is 17.7. The Kier molecular flexibility index (Phi) is 13.4. The van der Waals surface area contributed by atoms with Crippen LogP contribution < -0.4 is 14.2 Å². The number of ketones is 1. The Morgan fingerprint density at radius 3 is 2.56 bits per heavy atom. The van der Waals surface area contributed by atoms with Crippen LogP contribution in [0.4, 0.5) is 0 Å². The summed E-state index contributed by atoms with van der Waals surface area (Å²) in [6.45, 7) is 5.53. The lowest BCUT2D eigenvalue weighted by molar-refractivity contribution is -0.151. The lowest BCUT2D eigenvalue weighted by Gasteiger charge is -2.29. The number of rotatable bonds is 8. The van der Waals surface area contributed by atoms with E-state index in [0.29, 0.717) is 50.5 Å². The first-order valence-electron chi connectivity index (χ1n) is 24.6. The number of aromatic nitrogens is 1. The molecule has 3 saturated carbocycles. The van der Waals surface area contributed by atoms with Crippen LogP contribution >= 0.6 is 0 Å². The van der Waals surface area contributed by atoms with Crippen molar-refractivity contribution in [1.29, 1.82) is 0 Å². The minimum absolute atomic E-state index is 0.0647. The number of ether oxygens (including phenoxy) is 3. The highest BCUT2D eigenvalue weighted by atomic mass is 32.2. The summed E-state index contributed by atoms with van der Waals surface area (Å²) < 4.78 is 47.8. The van der Waals surface area contributed by atoms with E-state index < -0.39 is 44.2 Å². The summed E-state index contributed by atoms with van der Waals surface area (Å²) in [5.74, 6) is -1.08. The Hall–Kier alpha value is -4.04. The van der Waals surface area contributed by atoms with Gasteiger partial charge in [0, 0.05) is 30.7 Å². The van der Waals surface area contributed by atoms with Crippen LogP contribution in [0.15, 0.2) is 36.4 Å². The highest BCUT2D eigenvalue weighted by Gasteiger charge is 2.62. The van der Waals surface area contributed by atoms with Crippen LogP contribution in [0.2, 0.25) is 0 Å². The number of nitrogens with zero attached hydrogens (tertiary/aromatic N) is 3. The van der Waals surface area contributed by atoms with Gasteiger partial charge in [0.1, 0.15) is 18.0 Å². The molecule has 5 fully saturated rings. The first-order valence-corrected chi connectivity index (χ1v) is 26.1. The van der Waals surface area contributed by atoms with E-state index in [4.69, 9.17) is 19.2 Å². The second kappa shape index (κ2) is 19.1. The number of allylic oxidation sites excluding steroid dienone is 2. The molecule has 64 heavy (non-hydrogen) atoms. The molecule has 14 heteroatoms. The second-order valence-electron chi connectivity index (χ2n) is 20.4. The first kappa shape index (κ1) is 45.1. The topological polar surface area (TPSA) is 162 Å². The van der Waals surface area contributed by atoms with Gasteiger partial charge in [-0.05, 0) is 127 Å². The first-order chi connectivity index (χ1) is 30.9. The Labute approximate surface area is 378 Å². The molecule has 0 spiro atoms. The van der Waals surface area contributed by atoms with Gasteiger partial charge in [0.2, 0.25) is 27.7 Å². The van der Waals surface area contributed by atoms with Crippen molar-refractivity contribution >= 4 is 44.5 Å². The number of nitrogens with one attached hydrogen (secondary N) is 1. The zero-order valence-corrected chi connectivity index (χ0v) is 38.6. The maximum atomic E-state index is 14.9. The molecule has 1 aromatic carbocycles. The van der Waals surface area contributed by atoms with Crippen molar-refractivity contribution in [2.75, 3.05) is 32.8 Å². The van der Waals surface area contributed by atoms with Crippen molar-refractivity contribution < 1.29 is 41.8 Å². The fourth-order valence-corrected chi connectivity index (χ4v) is 12.2. The van der Waals surface area contributed by atoms with Crippen LogP contribution in [0.25, 0.3) is 10.9 Å². The van der Waals surface area contributed by atoms with Gasteiger partial charge >= 0.3 is 5.97 Å². The molecular formula is C50H68N4O9S. The number of esters is 1. The Morgan fingerprint density at radius 2 is 1.73 bits per heavy atom. The number of carbonyl (C=O) groups is 4. The average molecular weight is 901 g/mol. The highest BCUT2D eigenvalue weighted by Crippen LogP contribution is 2.58. The molecule has 1 N–H and O–H groups in total. The molecule has 1 aromatic heterocycles. The van der Waals surface area contributed by atoms with E-state index in [9.17, 15) is 27.6 Å². The predicted octanol–water partition coefficient (Wildman–Crippen LogP) is 7.38. The molecule has 7 atom stereocenters. The van der Waals surface area contributed by atoms with Gasteiger partial charge in [-0.3, -0.25) is 23.9 Å². The molecule has 3 aliphatic carbocycles. The molecule has 7 aliphatic rings. The van der Waals surface area contributed by atoms with Gasteiger partial charge in [0.15, 0.2) is 5.78 Å². The van der Waals surface area contributed by atoms with Gasteiger partial charge in [0.05, 0.1) is 46.9 Å². The second-order valence-corrected chi connectivity index (χ2v) is 22.6. The number of carbonyl (C=O) groups excluding carboxylic acids is 4. The number of hydrogen-bond acceptors (Lipinski definition) is 11. The van der Waals surface area contributed by atoms with Crippen LogP contribution in [-0.2, 0) is 40.4 Å². The van der Waals surface area contributed by atoms with Crippen LogP contribution in [0.1, 0.15) is 141 Å². The van der Waals surface area contributed by atoms with E-state index in [0.717, 1.165) is 106 Å². The molecule has 0 radical (unpaired) electrons. The number of sulfonamides is 1. The molecular weight excluding hydrogens is 833 g/mol. The minimum Gasteiger partial charge on any atom is -0.492 e. The maximum absolute atomic E-state index is 14.9. The largest absolute Gasteiger partial charge is 0.492 e. The van der Waals surface area contributed by atoms with Crippen LogP contribution in [0.3, 0.4) is 0 Å². The van der Waals surface area contributed by atoms with Crippen LogP contribution in [0, 0.1) is 23.2 Å². The van der Waals surface area contributed by atoms with Crippen molar-refractivity contribution in [3.63, 3.8) is 0 Å². The molecule has 0 unspecified atom stereocenters. The Balaban J connectivity index is 1.04. The lowest BCUT2D eigenvalue weighted by atomic mass is 9.90. The van der Waals surface area contributed by atoms with Crippen molar-refractivity contribution in [3.8, 4) is 11.6 Å². The molecule has 4 aliphatic heterocycles. The number of benzene rings is 1. The van der Waals surface area contributed by atoms with E-state index in [1.807, 2.05) is 30.4 Å². The van der Waals surface area contributed by atoms with E-state index in [1.54, 1.807) is 11.8 Å². The summed E-state index contributed by atoms with van der Waals surface area (Å²) in [6, 6.07) is 7.02. The number of amides is 2. The normalized spacial score (nSPS) is 32.0. The maximum Gasteiger partial charge on any atom is 0.306 e. The Morgan fingerprint density at radius 1 is 0.953 bits per heavy atom. The van der Waals surface area contributed by atoms with Gasteiger partial charge in [-0.15, -0.1) is 0 Å². The summed E-state index contributed by atoms with van der Waals surface area (Å²) in [6.07, 6.45) is 18.1. The summed E-state index contributed by atoms with van der Waals surface area (Å²) in [7, 11) is -3.95. The van der Waals surface area contributed by atoms with Crippen molar-refractivity contribution in [2.45, 2.75) is 165 Å². The number of likely N-dealkylation sites (tertiary alicyclic amines) is 1. The quantitative estimate of drug-likeness (QED) is 0.160. The van der Waals surface area contributed by atoms with Crippen molar-refractivity contribution in [1.82, 2.24) is 19.5 Å². The number of fused-ring (bicyclic) bond motifs is 6. The summed E-state index contributed by atoms with van der Waals surface area (Å²) in [4.78, 5) is 66.7.